The quantitative estimate of drug-likeness (QED) is 0.834. The molecule has 1 aromatic carbocycles. The summed E-state index contributed by atoms with van der Waals surface area (Å²) in [4.78, 5) is 0.150. The topological polar surface area (TPSA) is 88.5 Å². The van der Waals surface area contributed by atoms with Crippen LogP contribution in [0.2, 0.25) is 0 Å². The van der Waals surface area contributed by atoms with Crippen molar-refractivity contribution in [2.75, 3.05) is 18.6 Å². The Morgan fingerprint density at radius 1 is 1.00 bits per heavy atom. The Balaban J connectivity index is 3.03. The molecular formula is C10H14O5S2. The van der Waals surface area contributed by atoms with Crippen molar-refractivity contribution in [3.05, 3.63) is 24.3 Å². The minimum atomic E-state index is -3.44. The van der Waals surface area contributed by atoms with Crippen LogP contribution in [0.15, 0.2) is 34.1 Å². The number of hydrogen-bond donors (Lipinski definition) is 1. The van der Waals surface area contributed by atoms with Gasteiger partial charge in [-0.15, -0.1) is 0 Å². The van der Waals surface area contributed by atoms with E-state index in [9.17, 15) is 16.8 Å². The van der Waals surface area contributed by atoms with Crippen LogP contribution in [-0.2, 0) is 19.7 Å². The Labute approximate surface area is 101 Å². The first-order valence-electron chi connectivity index (χ1n) is 4.91. The van der Waals surface area contributed by atoms with Crippen molar-refractivity contribution in [3.63, 3.8) is 0 Å². The van der Waals surface area contributed by atoms with Gasteiger partial charge < -0.3 is 5.11 Å². The number of rotatable bonds is 5. The van der Waals surface area contributed by atoms with E-state index in [1.807, 2.05) is 0 Å². The third-order valence-electron chi connectivity index (χ3n) is 2.18. The van der Waals surface area contributed by atoms with E-state index in [4.69, 9.17) is 5.11 Å². The number of aliphatic hydroxyl groups excluding tert-OH is 1. The van der Waals surface area contributed by atoms with Crippen LogP contribution in [0, 0.1) is 0 Å². The zero-order valence-corrected chi connectivity index (χ0v) is 11.0. The van der Waals surface area contributed by atoms with Crippen molar-refractivity contribution >= 4 is 19.7 Å². The molecule has 0 heterocycles. The maximum Gasteiger partial charge on any atom is 0.178 e. The van der Waals surface area contributed by atoms with E-state index >= 15 is 0 Å². The van der Waals surface area contributed by atoms with Crippen molar-refractivity contribution in [2.24, 2.45) is 0 Å². The lowest BCUT2D eigenvalue weighted by atomic mass is 10.4. The summed E-state index contributed by atoms with van der Waals surface area (Å²) in [6.07, 6.45) is 1.22. The Morgan fingerprint density at radius 3 is 1.88 bits per heavy atom. The van der Waals surface area contributed by atoms with Crippen molar-refractivity contribution in [2.45, 2.75) is 16.2 Å². The van der Waals surface area contributed by atoms with Crippen molar-refractivity contribution in [1.29, 1.82) is 0 Å². The highest BCUT2D eigenvalue weighted by atomic mass is 32.2. The molecule has 0 radical (unpaired) electrons. The molecule has 0 aliphatic carbocycles. The molecule has 0 saturated heterocycles. The molecule has 1 aromatic rings. The summed E-state index contributed by atoms with van der Waals surface area (Å²) in [6, 6.07) is 5.06. The van der Waals surface area contributed by atoms with E-state index in [-0.39, 0.29) is 28.6 Å². The predicted molar refractivity (Wildman–Crippen MR) is 63.3 cm³/mol. The third-order valence-corrected chi connectivity index (χ3v) is 5.13. The number of benzene rings is 1. The second kappa shape index (κ2) is 5.16. The zero-order valence-electron chi connectivity index (χ0n) is 9.33. The summed E-state index contributed by atoms with van der Waals surface area (Å²) in [6.45, 7) is -0.194. The fraction of sp³-hybridized carbons (Fsp3) is 0.400. The van der Waals surface area contributed by atoms with Crippen LogP contribution < -0.4 is 0 Å². The van der Waals surface area contributed by atoms with Gasteiger partial charge in [0.2, 0.25) is 0 Å². The number of sulfone groups is 2. The lowest BCUT2D eigenvalue weighted by Crippen LogP contribution is -2.08. The van der Waals surface area contributed by atoms with Crippen LogP contribution in [0.25, 0.3) is 0 Å². The Hall–Kier alpha value is -0.920. The van der Waals surface area contributed by atoms with Crippen molar-refractivity contribution in [3.8, 4) is 0 Å². The molecule has 96 valence electrons. The van der Waals surface area contributed by atoms with Crippen LogP contribution in [0.5, 0.6) is 0 Å². The van der Waals surface area contributed by atoms with Crippen molar-refractivity contribution < 1.29 is 21.9 Å². The normalized spacial score (nSPS) is 12.6. The fourth-order valence-electron chi connectivity index (χ4n) is 1.27. The van der Waals surface area contributed by atoms with E-state index < -0.39 is 19.7 Å². The Kier molecular flexibility index (Phi) is 4.29. The van der Waals surface area contributed by atoms with Crippen LogP contribution in [-0.4, -0.2) is 40.6 Å². The summed E-state index contributed by atoms with van der Waals surface area (Å²) in [5, 5.41) is 8.58. The maximum atomic E-state index is 11.7. The lowest BCUT2D eigenvalue weighted by Gasteiger charge is -2.04. The van der Waals surface area contributed by atoms with Gasteiger partial charge >= 0.3 is 0 Å². The standard InChI is InChI=1S/C10H14O5S2/c1-16(12,13)9-3-5-10(6-4-9)17(14,15)8-2-7-11/h3-6,11H,2,7-8H2,1H3. The molecule has 1 N–H and O–H groups in total. The molecule has 5 nitrogen and oxygen atoms in total. The molecule has 0 bridgehead atoms. The van der Waals surface area contributed by atoms with Crippen molar-refractivity contribution in [1.82, 2.24) is 0 Å². The van der Waals surface area contributed by atoms with Gasteiger partial charge in [-0.3, -0.25) is 0 Å². The number of hydrogen-bond acceptors (Lipinski definition) is 5. The predicted octanol–water partition coefficient (Wildman–Crippen LogP) is 0.246. The van der Waals surface area contributed by atoms with E-state index in [0.29, 0.717) is 0 Å². The molecule has 0 saturated carbocycles. The summed E-state index contributed by atoms with van der Waals surface area (Å²) < 4.78 is 45.7. The highest BCUT2D eigenvalue weighted by Crippen LogP contribution is 2.16. The van der Waals surface area contributed by atoms with Gasteiger partial charge in [-0.25, -0.2) is 16.8 Å². The Morgan fingerprint density at radius 2 is 1.47 bits per heavy atom. The smallest absolute Gasteiger partial charge is 0.178 e. The highest BCUT2D eigenvalue weighted by molar-refractivity contribution is 7.91. The second-order valence-electron chi connectivity index (χ2n) is 3.64. The molecule has 0 spiro atoms. The van der Waals surface area contributed by atoms with Gasteiger partial charge in [-0.1, -0.05) is 0 Å². The summed E-state index contributed by atoms with van der Waals surface area (Å²) >= 11 is 0. The maximum absolute atomic E-state index is 11.7. The lowest BCUT2D eigenvalue weighted by molar-refractivity contribution is 0.295. The second-order valence-corrected chi connectivity index (χ2v) is 7.76. The van der Waals surface area contributed by atoms with E-state index in [1.54, 1.807) is 0 Å². The van der Waals surface area contributed by atoms with E-state index in [0.717, 1.165) is 6.26 Å². The van der Waals surface area contributed by atoms with E-state index in [1.165, 1.54) is 24.3 Å². The molecule has 0 fully saturated rings. The molecule has 0 unspecified atom stereocenters. The highest BCUT2D eigenvalue weighted by Gasteiger charge is 2.15. The van der Waals surface area contributed by atoms with Gasteiger partial charge in [0.05, 0.1) is 15.5 Å². The average molecular weight is 278 g/mol. The first-order chi connectivity index (χ1) is 7.77. The Bertz CT molecular complexity index is 570. The number of aliphatic hydroxyl groups is 1. The largest absolute Gasteiger partial charge is 0.396 e. The first-order valence-corrected chi connectivity index (χ1v) is 8.45. The van der Waals surface area contributed by atoms with E-state index in [2.05, 4.69) is 0 Å². The molecule has 7 heteroatoms. The van der Waals surface area contributed by atoms with Gasteiger partial charge in [0, 0.05) is 12.9 Å². The monoisotopic (exact) mass is 278 g/mol. The third kappa shape index (κ3) is 3.79. The van der Waals surface area contributed by atoms with Gasteiger partial charge in [0.15, 0.2) is 19.7 Å². The van der Waals surface area contributed by atoms with Crippen LogP contribution in [0.4, 0.5) is 0 Å². The summed E-state index contributed by atoms with van der Waals surface area (Å²) in [7, 11) is -6.76. The molecule has 0 amide bonds. The molecular weight excluding hydrogens is 264 g/mol. The molecule has 0 aliphatic heterocycles. The fourth-order valence-corrected chi connectivity index (χ4v) is 3.19. The van der Waals surface area contributed by atoms with Gasteiger partial charge in [0.1, 0.15) is 0 Å². The molecule has 0 atom stereocenters. The summed E-state index contributed by atoms with van der Waals surface area (Å²) in [5.74, 6) is -0.151. The SMILES string of the molecule is CS(=O)(=O)c1ccc(S(=O)(=O)CCCO)cc1. The molecule has 0 aromatic heterocycles. The molecule has 17 heavy (non-hydrogen) atoms. The average Bonchev–Trinajstić information content (AvgIpc) is 2.25. The minimum absolute atomic E-state index is 0.0679. The molecule has 1 rings (SSSR count). The first kappa shape index (κ1) is 14.1. The van der Waals surface area contributed by atoms with Crippen LogP contribution in [0.1, 0.15) is 6.42 Å². The van der Waals surface area contributed by atoms with Crippen LogP contribution >= 0.6 is 0 Å². The van der Waals surface area contributed by atoms with Gasteiger partial charge in [-0.2, -0.15) is 0 Å². The molecule has 0 aliphatic rings. The summed E-state index contributed by atoms with van der Waals surface area (Å²) in [5.41, 5.74) is 0. The zero-order chi connectivity index (χ0) is 13.1. The van der Waals surface area contributed by atoms with Gasteiger partial charge in [-0.05, 0) is 30.7 Å². The minimum Gasteiger partial charge on any atom is -0.396 e. The van der Waals surface area contributed by atoms with Gasteiger partial charge in [0.25, 0.3) is 0 Å². The van der Waals surface area contributed by atoms with Crippen LogP contribution in [0.3, 0.4) is 0 Å².